The number of halogens is 2. The van der Waals surface area contributed by atoms with E-state index in [-0.39, 0.29) is 22.6 Å². The molecule has 0 bridgehead atoms. The molecule has 0 saturated heterocycles. The summed E-state index contributed by atoms with van der Waals surface area (Å²) in [5.41, 5.74) is 0.00788. The summed E-state index contributed by atoms with van der Waals surface area (Å²) in [7, 11) is 1.19. The van der Waals surface area contributed by atoms with Gasteiger partial charge in [0.05, 0.1) is 7.11 Å². The number of methoxy groups -OCH3 is 1. The van der Waals surface area contributed by atoms with Crippen LogP contribution in [0.3, 0.4) is 0 Å². The van der Waals surface area contributed by atoms with Crippen molar-refractivity contribution in [2.24, 2.45) is 0 Å². The summed E-state index contributed by atoms with van der Waals surface area (Å²) in [6, 6.07) is 2.97. The first-order valence-electron chi connectivity index (χ1n) is 5.04. The van der Waals surface area contributed by atoms with Gasteiger partial charge in [0.1, 0.15) is 28.7 Å². The number of carbonyl (C=O) groups excluding carboxylic acids is 1. The smallest absolute Gasteiger partial charge is 0.343 e. The number of benzene rings is 1. The minimum Gasteiger partial charge on any atom is -0.465 e. The number of esters is 1. The Morgan fingerprint density at radius 1 is 1.39 bits per heavy atom. The lowest BCUT2D eigenvalue weighted by Crippen LogP contribution is -2.04. The van der Waals surface area contributed by atoms with Gasteiger partial charge in [-0.1, -0.05) is 5.16 Å². The molecule has 0 spiro atoms. The molecule has 0 aliphatic carbocycles. The van der Waals surface area contributed by atoms with Crippen LogP contribution in [0.1, 0.15) is 16.1 Å². The van der Waals surface area contributed by atoms with E-state index in [4.69, 9.17) is 4.52 Å². The van der Waals surface area contributed by atoms with E-state index >= 15 is 0 Å². The van der Waals surface area contributed by atoms with Crippen LogP contribution >= 0.6 is 0 Å². The summed E-state index contributed by atoms with van der Waals surface area (Å²) in [4.78, 5) is 11.5. The lowest BCUT2D eigenvalue weighted by molar-refractivity contribution is 0.0599. The highest BCUT2D eigenvalue weighted by Crippen LogP contribution is 2.28. The van der Waals surface area contributed by atoms with Crippen LogP contribution < -0.4 is 0 Å². The molecule has 2 rings (SSSR count). The molecule has 1 aromatic heterocycles. The van der Waals surface area contributed by atoms with E-state index in [1.165, 1.54) is 20.1 Å². The van der Waals surface area contributed by atoms with Gasteiger partial charge in [-0.3, -0.25) is 0 Å². The van der Waals surface area contributed by atoms with E-state index in [0.717, 1.165) is 6.07 Å². The molecule has 0 unspecified atom stereocenters. The van der Waals surface area contributed by atoms with Gasteiger partial charge in [0.15, 0.2) is 0 Å². The molecule has 0 fully saturated rings. The van der Waals surface area contributed by atoms with Gasteiger partial charge in [-0.25, -0.2) is 13.6 Å². The standard InChI is InChI=1S/C12H9F2NO3/c1-6-10(12(16)17-2)11(15-18-6)8-4-3-7(13)5-9(8)14/h3-5H,1-2H3. The van der Waals surface area contributed by atoms with Gasteiger partial charge in [0, 0.05) is 11.6 Å². The SMILES string of the molecule is COC(=O)c1c(-c2ccc(F)cc2F)noc1C. The maximum atomic E-state index is 13.6. The summed E-state index contributed by atoms with van der Waals surface area (Å²) in [5.74, 6) is -2.02. The molecule has 0 radical (unpaired) electrons. The summed E-state index contributed by atoms with van der Waals surface area (Å²) >= 11 is 0. The Bertz CT molecular complexity index is 607. The zero-order valence-corrected chi connectivity index (χ0v) is 9.66. The highest BCUT2D eigenvalue weighted by atomic mass is 19.1. The van der Waals surface area contributed by atoms with Crippen molar-refractivity contribution in [2.45, 2.75) is 6.92 Å². The number of aromatic nitrogens is 1. The molecule has 2 aromatic rings. The lowest BCUT2D eigenvalue weighted by Gasteiger charge is -2.02. The number of hydrogen-bond donors (Lipinski definition) is 0. The van der Waals surface area contributed by atoms with Crippen LogP contribution in [-0.4, -0.2) is 18.2 Å². The van der Waals surface area contributed by atoms with Crippen molar-refractivity contribution in [1.29, 1.82) is 0 Å². The Morgan fingerprint density at radius 3 is 2.72 bits per heavy atom. The second kappa shape index (κ2) is 4.56. The molecule has 0 amide bonds. The third kappa shape index (κ3) is 1.97. The minimum absolute atomic E-state index is 0.00292. The van der Waals surface area contributed by atoms with Crippen LogP contribution in [0, 0.1) is 18.6 Å². The number of carbonyl (C=O) groups is 1. The molecule has 1 aromatic carbocycles. The van der Waals surface area contributed by atoms with Crippen LogP contribution in [0.2, 0.25) is 0 Å². The average molecular weight is 253 g/mol. The van der Waals surface area contributed by atoms with Crippen molar-refractivity contribution in [3.05, 3.63) is 41.2 Å². The molecule has 0 saturated carbocycles. The van der Waals surface area contributed by atoms with Crippen LogP contribution in [0.4, 0.5) is 8.78 Å². The van der Waals surface area contributed by atoms with Crippen LogP contribution in [0.5, 0.6) is 0 Å². The Labute approximate surface area is 101 Å². The predicted molar refractivity (Wildman–Crippen MR) is 57.9 cm³/mol. The second-order valence-corrected chi connectivity index (χ2v) is 3.58. The summed E-state index contributed by atoms with van der Waals surface area (Å²) in [6.45, 7) is 1.50. The second-order valence-electron chi connectivity index (χ2n) is 3.58. The Balaban J connectivity index is 2.61. The normalized spacial score (nSPS) is 10.4. The van der Waals surface area contributed by atoms with Crippen molar-refractivity contribution in [2.75, 3.05) is 7.11 Å². The predicted octanol–water partition coefficient (Wildman–Crippen LogP) is 2.71. The maximum absolute atomic E-state index is 13.6. The van der Waals surface area contributed by atoms with E-state index in [0.29, 0.717) is 6.07 Å². The van der Waals surface area contributed by atoms with E-state index in [2.05, 4.69) is 9.89 Å². The van der Waals surface area contributed by atoms with Crippen molar-refractivity contribution in [1.82, 2.24) is 5.16 Å². The molecular weight excluding hydrogens is 244 g/mol. The number of hydrogen-bond acceptors (Lipinski definition) is 4. The van der Waals surface area contributed by atoms with Crippen LogP contribution in [0.25, 0.3) is 11.3 Å². The van der Waals surface area contributed by atoms with E-state index < -0.39 is 17.6 Å². The van der Waals surface area contributed by atoms with Gasteiger partial charge in [-0.2, -0.15) is 0 Å². The Hall–Kier alpha value is -2.24. The first kappa shape index (κ1) is 12.2. The number of ether oxygens (including phenoxy) is 1. The molecule has 4 nitrogen and oxygen atoms in total. The topological polar surface area (TPSA) is 52.3 Å². The van der Waals surface area contributed by atoms with Gasteiger partial charge >= 0.3 is 5.97 Å². The largest absolute Gasteiger partial charge is 0.465 e. The molecule has 0 atom stereocenters. The quantitative estimate of drug-likeness (QED) is 0.772. The average Bonchev–Trinajstić information content (AvgIpc) is 2.70. The minimum atomic E-state index is -0.826. The molecule has 6 heteroatoms. The summed E-state index contributed by atoms with van der Waals surface area (Å²) in [5, 5.41) is 3.61. The zero-order chi connectivity index (χ0) is 13.3. The van der Waals surface area contributed by atoms with Gasteiger partial charge in [-0.15, -0.1) is 0 Å². The maximum Gasteiger partial charge on any atom is 0.343 e. The van der Waals surface area contributed by atoms with Crippen molar-refractivity contribution < 1.29 is 22.8 Å². The van der Waals surface area contributed by atoms with Gasteiger partial charge in [0.25, 0.3) is 0 Å². The van der Waals surface area contributed by atoms with Gasteiger partial charge in [-0.05, 0) is 19.1 Å². The number of rotatable bonds is 2. The highest BCUT2D eigenvalue weighted by molar-refractivity contribution is 5.97. The van der Waals surface area contributed by atoms with Crippen LogP contribution in [-0.2, 0) is 4.74 Å². The first-order valence-corrected chi connectivity index (χ1v) is 5.04. The van der Waals surface area contributed by atoms with E-state index in [9.17, 15) is 13.6 Å². The van der Waals surface area contributed by atoms with Gasteiger partial charge in [0.2, 0.25) is 0 Å². The molecule has 94 valence electrons. The lowest BCUT2D eigenvalue weighted by atomic mass is 10.1. The van der Waals surface area contributed by atoms with E-state index in [1.54, 1.807) is 0 Å². The monoisotopic (exact) mass is 253 g/mol. The molecule has 0 N–H and O–H groups in total. The third-order valence-electron chi connectivity index (χ3n) is 2.44. The van der Waals surface area contributed by atoms with Crippen molar-refractivity contribution >= 4 is 5.97 Å². The number of aryl methyl sites for hydroxylation is 1. The number of nitrogens with zero attached hydrogens (tertiary/aromatic N) is 1. The molecular formula is C12H9F2NO3. The third-order valence-corrected chi connectivity index (χ3v) is 2.44. The summed E-state index contributed by atoms with van der Waals surface area (Å²) in [6.07, 6.45) is 0. The first-order chi connectivity index (χ1) is 8.54. The molecule has 0 aliphatic rings. The van der Waals surface area contributed by atoms with Crippen molar-refractivity contribution in [3.8, 4) is 11.3 Å². The fourth-order valence-corrected chi connectivity index (χ4v) is 1.58. The Kier molecular flexibility index (Phi) is 3.10. The molecule has 0 aliphatic heterocycles. The Morgan fingerprint density at radius 2 is 2.11 bits per heavy atom. The molecule has 1 heterocycles. The van der Waals surface area contributed by atoms with E-state index in [1.807, 2.05) is 0 Å². The zero-order valence-electron chi connectivity index (χ0n) is 9.66. The summed E-state index contributed by atoms with van der Waals surface area (Å²) < 4.78 is 35.8. The fourth-order valence-electron chi connectivity index (χ4n) is 1.58. The highest BCUT2D eigenvalue weighted by Gasteiger charge is 2.24. The fraction of sp³-hybridized carbons (Fsp3) is 0.167. The van der Waals surface area contributed by atoms with Gasteiger partial charge < -0.3 is 9.26 Å². The van der Waals surface area contributed by atoms with Crippen molar-refractivity contribution in [3.63, 3.8) is 0 Å². The van der Waals surface area contributed by atoms with Crippen LogP contribution in [0.15, 0.2) is 22.7 Å². The molecule has 18 heavy (non-hydrogen) atoms.